The molecule has 2 atom stereocenters. The zero-order chi connectivity index (χ0) is 14.4. The molecule has 1 saturated heterocycles. The standard InChI is InChI=1S/C16H32N2O/c1-6-7-8-14-16(19)18(10-9-12(2)3)15(17-14)11-13(4)5/h12-15,17H,6-11H2,1-5H3. The molecular weight excluding hydrogens is 236 g/mol. The minimum absolute atomic E-state index is 0.0656. The first-order chi connectivity index (χ1) is 8.95. The van der Waals surface area contributed by atoms with Crippen LogP contribution in [0.4, 0.5) is 0 Å². The van der Waals surface area contributed by atoms with Gasteiger partial charge in [-0.3, -0.25) is 10.1 Å². The SMILES string of the molecule is CCCCC1NC(CC(C)C)N(CCC(C)C)C1=O. The highest BCUT2D eigenvalue weighted by Crippen LogP contribution is 2.21. The molecule has 1 amide bonds. The fourth-order valence-corrected chi connectivity index (χ4v) is 2.67. The second kappa shape index (κ2) is 7.88. The summed E-state index contributed by atoms with van der Waals surface area (Å²) >= 11 is 0. The van der Waals surface area contributed by atoms with E-state index in [1.54, 1.807) is 0 Å². The first kappa shape index (κ1) is 16.5. The van der Waals surface area contributed by atoms with Crippen LogP contribution in [0.25, 0.3) is 0 Å². The number of hydrogen-bond donors (Lipinski definition) is 1. The lowest BCUT2D eigenvalue weighted by atomic mass is 10.1. The number of nitrogens with zero attached hydrogens (tertiary/aromatic N) is 1. The number of carbonyl (C=O) groups excluding carboxylic acids is 1. The van der Waals surface area contributed by atoms with Crippen molar-refractivity contribution >= 4 is 5.91 Å². The van der Waals surface area contributed by atoms with Crippen LogP contribution in [0.3, 0.4) is 0 Å². The van der Waals surface area contributed by atoms with E-state index in [1.165, 1.54) is 0 Å². The van der Waals surface area contributed by atoms with Gasteiger partial charge in [-0.1, -0.05) is 47.5 Å². The molecule has 0 aromatic heterocycles. The Morgan fingerprint density at radius 2 is 1.89 bits per heavy atom. The van der Waals surface area contributed by atoms with E-state index in [2.05, 4.69) is 44.8 Å². The van der Waals surface area contributed by atoms with Crippen molar-refractivity contribution in [2.45, 2.75) is 78.9 Å². The lowest BCUT2D eigenvalue weighted by Gasteiger charge is -2.26. The summed E-state index contributed by atoms with van der Waals surface area (Å²) in [5.74, 6) is 1.61. The number of unbranched alkanes of at least 4 members (excludes halogenated alkanes) is 1. The van der Waals surface area contributed by atoms with Gasteiger partial charge in [-0.05, 0) is 31.1 Å². The third-order valence-electron chi connectivity index (χ3n) is 3.84. The Kier molecular flexibility index (Phi) is 6.84. The van der Waals surface area contributed by atoms with Crippen molar-refractivity contribution in [3.8, 4) is 0 Å². The number of amides is 1. The van der Waals surface area contributed by atoms with Gasteiger partial charge in [0.05, 0.1) is 12.2 Å². The Hall–Kier alpha value is -0.570. The minimum atomic E-state index is 0.0656. The molecule has 0 saturated carbocycles. The molecule has 2 unspecified atom stereocenters. The van der Waals surface area contributed by atoms with Gasteiger partial charge in [0, 0.05) is 6.54 Å². The van der Waals surface area contributed by atoms with Crippen LogP contribution in [-0.2, 0) is 4.79 Å². The van der Waals surface area contributed by atoms with Gasteiger partial charge in [-0.2, -0.15) is 0 Å². The van der Waals surface area contributed by atoms with Crippen molar-refractivity contribution in [1.29, 1.82) is 0 Å². The third kappa shape index (κ3) is 5.13. The molecule has 0 spiro atoms. The molecule has 0 aliphatic carbocycles. The lowest BCUT2D eigenvalue weighted by molar-refractivity contribution is -0.130. The topological polar surface area (TPSA) is 32.3 Å². The first-order valence-electron chi connectivity index (χ1n) is 8.02. The fourth-order valence-electron chi connectivity index (χ4n) is 2.67. The van der Waals surface area contributed by atoms with E-state index >= 15 is 0 Å². The van der Waals surface area contributed by atoms with E-state index in [4.69, 9.17) is 0 Å². The number of hydrogen-bond acceptors (Lipinski definition) is 2. The normalized spacial score (nSPS) is 23.9. The van der Waals surface area contributed by atoms with Gasteiger partial charge < -0.3 is 4.90 Å². The summed E-state index contributed by atoms with van der Waals surface area (Å²) in [6.07, 6.45) is 5.70. The molecule has 1 N–H and O–H groups in total. The number of nitrogens with one attached hydrogen (secondary N) is 1. The zero-order valence-electron chi connectivity index (χ0n) is 13.4. The van der Waals surface area contributed by atoms with Crippen molar-refractivity contribution in [3.63, 3.8) is 0 Å². The van der Waals surface area contributed by atoms with Crippen LogP contribution < -0.4 is 5.32 Å². The van der Waals surface area contributed by atoms with Crippen molar-refractivity contribution in [1.82, 2.24) is 10.2 Å². The predicted octanol–water partition coefficient (Wildman–Crippen LogP) is 3.40. The van der Waals surface area contributed by atoms with Crippen molar-refractivity contribution in [2.24, 2.45) is 11.8 Å². The highest BCUT2D eigenvalue weighted by molar-refractivity contribution is 5.84. The molecule has 3 nitrogen and oxygen atoms in total. The van der Waals surface area contributed by atoms with Crippen LogP contribution in [0, 0.1) is 11.8 Å². The van der Waals surface area contributed by atoms with Gasteiger partial charge in [0.1, 0.15) is 0 Å². The Bertz CT molecular complexity index is 276. The van der Waals surface area contributed by atoms with Crippen LogP contribution in [-0.4, -0.2) is 29.6 Å². The average Bonchev–Trinajstić information content (AvgIpc) is 2.60. The molecule has 1 aliphatic heterocycles. The zero-order valence-corrected chi connectivity index (χ0v) is 13.4. The monoisotopic (exact) mass is 268 g/mol. The summed E-state index contributed by atoms with van der Waals surface area (Å²) in [5, 5.41) is 3.56. The van der Waals surface area contributed by atoms with E-state index in [1.807, 2.05) is 0 Å². The van der Waals surface area contributed by atoms with Gasteiger partial charge in [0.2, 0.25) is 5.91 Å². The fraction of sp³-hybridized carbons (Fsp3) is 0.938. The summed E-state index contributed by atoms with van der Waals surface area (Å²) in [6.45, 7) is 12.0. The largest absolute Gasteiger partial charge is 0.326 e. The van der Waals surface area contributed by atoms with Gasteiger partial charge in [-0.25, -0.2) is 0 Å². The first-order valence-corrected chi connectivity index (χ1v) is 8.02. The maximum Gasteiger partial charge on any atom is 0.241 e. The molecule has 1 fully saturated rings. The van der Waals surface area contributed by atoms with Gasteiger partial charge in [-0.15, -0.1) is 0 Å². The maximum atomic E-state index is 12.5. The van der Waals surface area contributed by atoms with Crippen LogP contribution in [0.1, 0.15) is 66.7 Å². The Labute approximate surface area is 119 Å². The van der Waals surface area contributed by atoms with E-state index in [0.717, 1.165) is 38.6 Å². The molecule has 0 aromatic rings. The summed E-state index contributed by atoms with van der Waals surface area (Å²) in [6, 6.07) is 0.0656. The predicted molar refractivity (Wildman–Crippen MR) is 80.9 cm³/mol. The summed E-state index contributed by atoms with van der Waals surface area (Å²) in [5.41, 5.74) is 0. The summed E-state index contributed by atoms with van der Waals surface area (Å²) in [7, 11) is 0. The molecule has 0 aromatic carbocycles. The number of carbonyl (C=O) groups is 1. The van der Waals surface area contributed by atoms with Gasteiger partial charge in [0.15, 0.2) is 0 Å². The molecule has 1 rings (SSSR count). The molecule has 19 heavy (non-hydrogen) atoms. The van der Waals surface area contributed by atoms with Crippen LogP contribution in [0.5, 0.6) is 0 Å². The molecule has 0 radical (unpaired) electrons. The highest BCUT2D eigenvalue weighted by Gasteiger charge is 2.37. The maximum absolute atomic E-state index is 12.5. The second-order valence-corrected chi connectivity index (χ2v) is 6.72. The van der Waals surface area contributed by atoms with Crippen molar-refractivity contribution in [3.05, 3.63) is 0 Å². The Balaban J connectivity index is 2.62. The Morgan fingerprint density at radius 3 is 2.42 bits per heavy atom. The number of rotatable bonds is 8. The molecule has 1 heterocycles. The van der Waals surface area contributed by atoms with E-state index in [9.17, 15) is 4.79 Å². The minimum Gasteiger partial charge on any atom is -0.326 e. The van der Waals surface area contributed by atoms with Crippen molar-refractivity contribution < 1.29 is 4.79 Å². The molecule has 0 bridgehead atoms. The Morgan fingerprint density at radius 1 is 1.21 bits per heavy atom. The van der Waals surface area contributed by atoms with E-state index in [-0.39, 0.29) is 12.2 Å². The second-order valence-electron chi connectivity index (χ2n) is 6.72. The average molecular weight is 268 g/mol. The molecular formula is C16H32N2O. The molecule has 3 heteroatoms. The third-order valence-corrected chi connectivity index (χ3v) is 3.84. The summed E-state index contributed by atoms with van der Waals surface area (Å²) in [4.78, 5) is 14.6. The van der Waals surface area contributed by atoms with Crippen LogP contribution in [0.2, 0.25) is 0 Å². The van der Waals surface area contributed by atoms with Gasteiger partial charge >= 0.3 is 0 Å². The van der Waals surface area contributed by atoms with Crippen molar-refractivity contribution in [2.75, 3.05) is 6.54 Å². The van der Waals surface area contributed by atoms with Crippen LogP contribution >= 0.6 is 0 Å². The van der Waals surface area contributed by atoms with Gasteiger partial charge in [0.25, 0.3) is 0 Å². The summed E-state index contributed by atoms with van der Waals surface area (Å²) < 4.78 is 0. The molecule has 1 aliphatic rings. The van der Waals surface area contributed by atoms with E-state index < -0.39 is 0 Å². The lowest BCUT2D eigenvalue weighted by Crippen LogP contribution is -2.39. The molecule has 112 valence electrons. The van der Waals surface area contributed by atoms with E-state index in [0.29, 0.717) is 17.7 Å². The smallest absolute Gasteiger partial charge is 0.241 e. The highest BCUT2D eigenvalue weighted by atomic mass is 16.2. The quantitative estimate of drug-likeness (QED) is 0.732. The van der Waals surface area contributed by atoms with Crippen LogP contribution in [0.15, 0.2) is 0 Å².